The molecule has 33 heavy (non-hydrogen) atoms. The molecule has 0 saturated heterocycles. The van der Waals surface area contributed by atoms with Crippen LogP contribution in [-0.2, 0) is 21.2 Å². The summed E-state index contributed by atoms with van der Waals surface area (Å²) in [5.74, 6) is -0.442. The molecule has 1 aromatic heterocycles. The molecular formula is C21H24ClFN6O3S. The summed E-state index contributed by atoms with van der Waals surface area (Å²) in [6.45, 7) is 5.68. The Morgan fingerprint density at radius 2 is 1.85 bits per heavy atom. The predicted octanol–water partition coefficient (Wildman–Crippen LogP) is 3.23. The SMILES string of the molecule is CCN(CC)S(=O)(=O)c1cc(NC(=O)C(Cc2ccc(F)cc2)n2nnnc2C)ccc1Cl. The molecule has 176 valence electrons. The molecule has 0 fully saturated rings. The van der Waals surface area contributed by atoms with Crippen molar-refractivity contribution in [2.75, 3.05) is 18.4 Å². The van der Waals surface area contributed by atoms with E-state index >= 15 is 0 Å². The van der Waals surface area contributed by atoms with E-state index in [1.807, 2.05) is 0 Å². The van der Waals surface area contributed by atoms with Crippen LogP contribution in [0.2, 0.25) is 5.02 Å². The smallest absolute Gasteiger partial charge is 0.249 e. The van der Waals surface area contributed by atoms with E-state index in [2.05, 4.69) is 20.8 Å². The summed E-state index contributed by atoms with van der Waals surface area (Å²) in [5.41, 5.74) is 0.956. The van der Waals surface area contributed by atoms with Crippen molar-refractivity contribution in [1.82, 2.24) is 24.5 Å². The highest BCUT2D eigenvalue weighted by Gasteiger charge is 2.27. The van der Waals surface area contributed by atoms with Crippen LogP contribution in [0.25, 0.3) is 0 Å². The highest BCUT2D eigenvalue weighted by atomic mass is 35.5. The molecule has 9 nitrogen and oxygen atoms in total. The number of nitrogens with zero attached hydrogens (tertiary/aromatic N) is 5. The zero-order valence-corrected chi connectivity index (χ0v) is 19.9. The minimum Gasteiger partial charge on any atom is -0.324 e. The minimum absolute atomic E-state index is 0.0547. The van der Waals surface area contributed by atoms with Crippen LogP contribution in [0.5, 0.6) is 0 Å². The van der Waals surface area contributed by atoms with E-state index < -0.39 is 22.0 Å². The van der Waals surface area contributed by atoms with Gasteiger partial charge in [0, 0.05) is 25.2 Å². The zero-order valence-electron chi connectivity index (χ0n) is 18.4. The number of carbonyl (C=O) groups excluding carboxylic acids is 1. The molecule has 0 aliphatic heterocycles. The Bertz CT molecular complexity index is 1230. The maximum atomic E-state index is 13.3. The van der Waals surface area contributed by atoms with Gasteiger partial charge >= 0.3 is 0 Å². The average molecular weight is 495 g/mol. The summed E-state index contributed by atoms with van der Waals surface area (Å²) < 4.78 is 41.9. The van der Waals surface area contributed by atoms with Crippen molar-refractivity contribution < 1.29 is 17.6 Å². The second kappa shape index (κ2) is 10.4. The van der Waals surface area contributed by atoms with Crippen molar-refractivity contribution in [3.8, 4) is 0 Å². The summed E-state index contributed by atoms with van der Waals surface area (Å²) >= 11 is 6.18. The lowest BCUT2D eigenvalue weighted by Crippen LogP contribution is -2.31. The molecule has 0 aliphatic carbocycles. The Morgan fingerprint density at radius 1 is 1.18 bits per heavy atom. The van der Waals surface area contributed by atoms with E-state index in [1.54, 1.807) is 32.9 Å². The van der Waals surface area contributed by atoms with Gasteiger partial charge in [-0.15, -0.1) is 5.10 Å². The Labute approximate surface area is 196 Å². The standard InChI is InChI=1S/C21H24ClFN6O3S/c1-4-28(5-2)33(31,32)20-13-17(10-11-18(20)22)24-21(30)19(29-14(3)25-26-27-29)12-15-6-8-16(23)9-7-15/h6-11,13,19H,4-5,12H2,1-3H3,(H,24,30). The largest absolute Gasteiger partial charge is 0.324 e. The van der Waals surface area contributed by atoms with Gasteiger partial charge in [0.1, 0.15) is 22.6 Å². The van der Waals surface area contributed by atoms with Crippen LogP contribution in [0.3, 0.4) is 0 Å². The van der Waals surface area contributed by atoms with Crippen molar-refractivity contribution in [3.05, 3.63) is 64.7 Å². The first-order valence-corrected chi connectivity index (χ1v) is 12.1. The van der Waals surface area contributed by atoms with E-state index in [1.165, 1.54) is 39.3 Å². The highest BCUT2D eigenvalue weighted by molar-refractivity contribution is 7.89. The number of benzene rings is 2. The number of aryl methyl sites for hydroxylation is 1. The number of nitrogens with one attached hydrogen (secondary N) is 1. The highest BCUT2D eigenvalue weighted by Crippen LogP contribution is 2.28. The van der Waals surface area contributed by atoms with Crippen molar-refractivity contribution in [3.63, 3.8) is 0 Å². The van der Waals surface area contributed by atoms with Crippen LogP contribution in [0.4, 0.5) is 10.1 Å². The van der Waals surface area contributed by atoms with E-state index in [9.17, 15) is 17.6 Å². The fraction of sp³-hybridized carbons (Fsp3) is 0.333. The van der Waals surface area contributed by atoms with Gasteiger partial charge in [0.25, 0.3) is 0 Å². The molecule has 1 unspecified atom stereocenters. The van der Waals surface area contributed by atoms with E-state index in [4.69, 9.17) is 11.6 Å². The monoisotopic (exact) mass is 494 g/mol. The normalized spacial score (nSPS) is 12.7. The van der Waals surface area contributed by atoms with Gasteiger partial charge in [-0.05, 0) is 53.2 Å². The molecule has 12 heteroatoms. The van der Waals surface area contributed by atoms with E-state index in [-0.39, 0.29) is 40.9 Å². The van der Waals surface area contributed by atoms with Crippen LogP contribution < -0.4 is 5.32 Å². The number of carbonyl (C=O) groups is 1. The molecule has 3 aromatic rings. The number of halogens is 2. The third-order valence-electron chi connectivity index (χ3n) is 5.12. The molecule has 2 aromatic carbocycles. The van der Waals surface area contributed by atoms with Gasteiger partial charge in [0.2, 0.25) is 15.9 Å². The minimum atomic E-state index is -3.84. The van der Waals surface area contributed by atoms with Gasteiger partial charge < -0.3 is 5.32 Å². The number of rotatable bonds is 9. The van der Waals surface area contributed by atoms with Crippen LogP contribution in [-0.4, -0.2) is 51.9 Å². The predicted molar refractivity (Wildman–Crippen MR) is 122 cm³/mol. The van der Waals surface area contributed by atoms with Gasteiger partial charge in [-0.25, -0.2) is 17.5 Å². The first-order chi connectivity index (χ1) is 15.7. The summed E-state index contributed by atoms with van der Waals surface area (Å²) in [4.78, 5) is 13.1. The third kappa shape index (κ3) is 5.55. The lowest BCUT2D eigenvalue weighted by molar-refractivity contribution is -0.119. The van der Waals surface area contributed by atoms with E-state index in [0.29, 0.717) is 11.4 Å². The van der Waals surface area contributed by atoms with Crippen LogP contribution >= 0.6 is 11.6 Å². The molecule has 0 spiro atoms. The molecule has 1 amide bonds. The molecule has 0 bridgehead atoms. The number of anilines is 1. The molecule has 1 N–H and O–H groups in total. The van der Waals surface area contributed by atoms with Gasteiger partial charge in [-0.3, -0.25) is 4.79 Å². The zero-order chi connectivity index (χ0) is 24.2. The first-order valence-electron chi connectivity index (χ1n) is 10.3. The molecule has 0 aliphatic rings. The van der Waals surface area contributed by atoms with Crippen molar-refractivity contribution in [1.29, 1.82) is 0 Å². The summed E-state index contributed by atoms with van der Waals surface area (Å²) in [6, 6.07) is 9.17. The molecule has 3 rings (SSSR count). The Hall–Kier alpha value is -2.89. The number of tetrazole rings is 1. The Balaban J connectivity index is 1.92. The molecule has 0 saturated carbocycles. The Morgan fingerprint density at radius 3 is 2.42 bits per heavy atom. The lowest BCUT2D eigenvalue weighted by Gasteiger charge is -2.21. The van der Waals surface area contributed by atoms with Crippen molar-refractivity contribution >= 4 is 33.2 Å². The topological polar surface area (TPSA) is 110 Å². The number of aromatic nitrogens is 4. The quantitative estimate of drug-likeness (QED) is 0.489. The summed E-state index contributed by atoms with van der Waals surface area (Å²) in [7, 11) is -3.84. The van der Waals surface area contributed by atoms with Crippen LogP contribution in [0.1, 0.15) is 31.3 Å². The number of hydrogen-bond acceptors (Lipinski definition) is 6. The maximum Gasteiger partial charge on any atom is 0.249 e. The summed E-state index contributed by atoms with van der Waals surface area (Å²) in [5, 5.41) is 14.1. The fourth-order valence-electron chi connectivity index (χ4n) is 3.37. The maximum absolute atomic E-state index is 13.3. The summed E-state index contributed by atoms with van der Waals surface area (Å²) in [6.07, 6.45) is 0.191. The van der Waals surface area contributed by atoms with Gasteiger partial charge in [-0.2, -0.15) is 4.31 Å². The fourth-order valence-corrected chi connectivity index (χ4v) is 5.33. The molecular weight excluding hydrogens is 471 g/mol. The van der Waals surface area contributed by atoms with E-state index in [0.717, 1.165) is 0 Å². The van der Waals surface area contributed by atoms with Crippen molar-refractivity contribution in [2.24, 2.45) is 0 Å². The van der Waals surface area contributed by atoms with Gasteiger partial charge in [0.05, 0.1) is 5.02 Å². The van der Waals surface area contributed by atoms with Crippen LogP contribution in [0, 0.1) is 12.7 Å². The van der Waals surface area contributed by atoms with Crippen LogP contribution in [0.15, 0.2) is 47.4 Å². The first kappa shape index (κ1) is 24.7. The second-order valence-corrected chi connectivity index (χ2v) is 9.55. The molecule has 1 heterocycles. The number of sulfonamides is 1. The second-order valence-electron chi connectivity index (χ2n) is 7.24. The Kier molecular flexibility index (Phi) is 7.77. The molecule has 1 atom stereocenters. The third-order valence-corrected chi connectivity index (χ3v) is 7.65. The molecule has 0 radical (unpaired) electrons. The lowest BCUT2D eigenvalue weighted by atomic mass is 10.0. The number of hydrogen-bond donors (Lipinski definition) is 1. The average Bonchev–Trinajstić information content (AvgIpc) is 3.20. The van der Waals surface area contributed by atoms with Gasteiger partial charge in [0.15, 0.2) is 0 Å². The number of amides is 1. The van der Waals surface area contributed by atoms with Crippen molar-refractivity contribution in [2.45, 2.75) is 38.1 Å². The van der Waals surface area contributed by atoms with Gasteiger partial charge in [-0.1, -0.05) is 37.6 Å².